The van der Waals surface area contributed by atoms with Gasteiger partial charge in [0.2, 0.25) is 5.91 Å². The van der Waals surface area contributed by atoms with Gasteiger partial charge in [-0.05, 0) is 18.2 Å². The normalized spacial score (nSPS) is 15.6. The summed E-state index contributed by atoms with van der Waals surface area (Å²) in [6.45, 7) is -0.00489. The molecule has 2 aromatic carbocycles. The van der Waals surface area contributed by atoms with Gasteiger partial charge in [-0.15, -0.1) is 0 Å². The lowest BCUT2D eigenvalue weighted by molar-refractivity contribution is -0.137. The first-order valence-corrected chi connectivity index (χ1v) is 9.08. The van der Waals surface area contributed by atoms with Crippen LogP contribution in [-0.4, -0.2) is 50.0 Å². The molecule has 6 nitrogen and oxygen atoms in total. The predicted octanol–water partition coefficient (Wildman–Crippen LogP) is 3.14. The zero-order chi connectivity index (χ0) is 20.8. The minimum Gasteiger partial charge on any atom is -0.496 e. The van der Waals surface area contributed by atoms with Crippen LogP contribution in [0, 0.1) is 11.6 Å². The van der Waals surface area contributed by atoms with Gasteiger partial charge in [-0.1, -0.05) is 23.4 Å². The van der Waals surface area contributed by atoms with Gasteiger partial charge in [0.15, 0.2) is 6.10 Å². The maximum Gasteiger partial charge on any atom is 0.248 e. The fourth-order valence-corrected chi connectivity index (χ4v) is 3.14. The van der Waals surface area contributed by atoms with E-state index in [1.807, 2.05) is 24.3 Å². The van der Waals surface area contributed by atoms with Gasteiger partial charge in [-0.2, -0.15) is 0 Å². The number of ether oxygens (including phenoxy) is 2. The smallest absolute Gasteiger partial charge is 0.248 e. The Morgan fingerprint density at radius 1 is 1.24 bits per heavy atom. The van der Waals surface area contributed by atoms with E-state index in [9.17, 15) is 13.6 Å². The summed E-state index contributed by atoms with van der Waals surface area (Å²) >= 11 is 0. The molecule has 0 unspecified atom stereocenters. The van der Waals surface area contributed by atoms with Crippen LogP contribution in [0.25, 0.3) is 0 Å². The molecule has 0 bridgehead atoms. The number of amides is 1. The molecule has 1 heterocycles. The lowest BCUT2D eigenvalue weighted by Gasteiger charge is -2.25. The molecule has 0 radical (unpaired) electrons. The van der Waals surface area contributed by atoms with Gasteiger partial charge in [0.25, 0.3) is 0 Å². The Hall–Kier alpha value is -3.00. The van der Waals surface area contributed by atoms with Gasteiger partial charge in [-0.3, -0.25) is 4.79 Å². The molecule has 0 saturated heterocycles. The number of carbonyl (C=O) groups excluding carboxylic acids is 1. The molecule has 1 aliphatic heterocycles. The second kappa shape index (κ2) is 9.47. The lowest BCUT2D eigenvalue weighted by Crippen LogP contribution is -2.39. The van der Waals surface area contributed by atoms with Crippen LogP contribution in [0.5, 0.6) is 5.75 Å². The van der Waals surface area contributed by atoms with Crippen molar-refractivity contribution in [1.82, 2.24) is 4.90 Å². The minimum atomic E-state index is -0.710. The van der Waals surface area contributed by atoms with Crippen molar-refractivity contribution in [2.75, 3.05) is 27.4 Å². The van der Waals surface area contributed by atoms with E-state index < -0.39 is 17.7 Å². The lowest BCUT2D eigenvalue weighted by atomic mass is 10.0. The minimum absolute atomic E-state index is 0.0296. The van der Waals surface area contributed by atoms with Crippen LogP contribution >= 0.6 is 0 Å². The fourth-order valence-electron chi connectivity index (χ4n) is 3.14. The molecule has 0 N–H and O–H groups in total. The molecule has 1 atom stereocenters. The van der Waals surface area contributed by atoms with Crippen LogP contribution in [0.3, 0.4) is 0 Å². The van der Waals surface area contributed by atoms with Crippen LogP contribution < -0.4 is 4.74 Å². The van der Waals surface area contributed by atoms with Gasteiger partial charge in [-0.25, -0.2) is 8.78 Å². The number of carbonyl (C=O) groups is 1. The Morgan fingerprint density at radius 3 is 2.76 bits per heavy atom. The molecule has 0 fully saturated rings. The molecule has 0 aromatic heterocycles. The van der Waals surface area contributed by atoms with Crippen molar-refractivity contribution < 1.29 is 27.9 Å². The molecule has 1 aliphatic rings. The zero-order valence-corrected chi connectivity index (χ0v) is 16.2. The number of oxime groups is 1. The highest BCUT2D eigenvalue weighted by molar-refractivity contribution is 6.03. The Bertz CT molecular complexity index is 904. The quantitative estimate of drug-likeness (QED) is 0.678. The molecule has 154 valence electrons. The highest BCUT2D eigenvalue weighted by Gasteiger charge is 2.28. The monoisotopic (exact) mass is 404 g/mol. The van der Waals surface area contributed by atoms with E-state index in [0.29, 0.717) is 17.9 Å². The van der Waals surface area contributed by atoms with Crippen molar-refractivity contribution in [3.05, 3.63) is 65.2 Å². The molecule has 0 saturated carbocycles. The van der Waals surface area contributed by atoms with Crippen molar-refractivity contribution in [2.45, 2.75) is 19.1 Å². The summed E-state index contributed by atoms with van der Waals surface area (Å²) in [5.74, 6) is -1.03. The third kappa shape index (κ3) is 5.08. The van der Waals surface area contributed by atoms with E-state index in [-0.39, 0.29) is 31.2 Å². The molecule has 1 amide bonds. The van der Waals surface area contributed by atoms with E-state index in [1.165, 1.54) is 18.1 Å². The summed E-state index contributed by atoms with van der Waals surface area (Å²) in [6.07, 6.45) is 0.0579. The number of rotatable bonds is 8. The van der Waals surface area contributed by atoms with E-state index in [2.05, 4.69) is 5.16 Å². The summed E-state index contributed by atoms with van der Waals surface area (Å²) in [6, 6.07) is 10.7. The average molecular weight is 404 g/mol. The van der Waals surface area contributed by atoms with Crippen LogP contribution in [0.15, 0.2) is 47.6 Å². The summed E-state index contributed by atoms with van der Waals surface area (Å²) in [5, 5.41) is 4.13. The molecular weight excluding hydrogens is 382 g/mol. The molecule has 3 rings (SSSR count). The van der Waals surface area contributed by atoms with Gasteiger partial charge in [0.1, 0.15) is 24.0 Å². The van der Waals surface area contributed by atoms with Gasteiger partial charge < -0.3 is 19.2 Å². The summed E-state index contributed by atoms with van der Waals surface area (Å²) in [5.41, 5.74) is 1.73. The van der Waals surface area contributed by atoms with Gasteiger partial charge in [0.05, 0.1) is 19.4 Å². The van der Waals surface area contributed by atoms with Crippen LogP contribution in [-0.2, 0) is 20.9 Å². The highest BCUT2D eigenvalue weighted by Crippen LogP contribution is 2.25. The Labute approximate surface area is 167 Å². The first-order valence-electron chi connectivity index (χ1n) is 9.08. The predicted molar refractivity (Wildman–Crippen MR) is 103 cm³/mol. The van der Waals surface area contributed by atoms with E-state index in [0.717, 1.165) is 17.7 Å². The fraction of sp³-hybridized carbons (Fsp3) is 0.333. The average Bonchev–Trinajstić information content (AvgIpc) is 3.18. The molecule has 29 heavy (non-hydrogen) atoms. The maximum atomic E-state index is 14.1. The van der Waals surface area contributed by atoms with Crippen molar-refractivity contribution in [3.8, 4) is 5.75 Å². The van der Waals surface area contributed by atoms with Gasteiger partial charge in [0, 0.05) is 37.3 Å². The number of nitrogens with zero attached hydrogens (tertiary/aromatic N) is 2. The second-order valence-corrected chi connectivity index (χ2v) is 6.61. The first kappa shape index (κ1) is 20.7. The van der Waals surface area contributed by atoms with Crippen molar-refractivity contribution in [1.29, 1.82) is 0 Å². The van der Waals surface area contributed by atoms with E-state index in [4.69, 9.17) is 14.3 Å². The molecule has 0 spiro atoms. The van der Waals surface area contributed by atoms with E-state index in [1.54, 1.807) is 7.11 Å². The SMILES string of the molecule is COCC(=O)N(Cc1ccc(F)cc1F)C[C@H]1CC(c2ccccc2OC)=NO1. The van der Waals surface area contributed by atoms with Crippen molar-refractivity contribution in [2.24, 2.45) is 5.16 Å². The maximum absolute atomic E-state index is 14.1. The largest absolute Gasteiger partial charge is 0.496 e. The number of hydrogen-bond donors (Lipinski definition) is 0. The molecule has 2 aromatic rings. The number of benzene rings is 2. The van der Waals surface area contributed by atoms with Crippen molar-refractivity contribution >= 4 is 11.6 Å². The van der Waals surface area contributed by atoms with Crippen molar-refractivity contribution in [3.63, 3.8) is 0 Å². The van der Waals surface area contributed by atoms with Crippen LogP contribution in [0.2, 0.25) is 0 Å². The Balaban J connectivity index is 1.71. The Morgan fingerprint density at radius 2 is 2.03 bits per heavy atom. The van der Waals surface area contributed by atoms with E-state index >= 15 is 0 Å². The standard InChI is InChI=1S/C21H22F2N2O4/c1-27-13-21(26)25(11-14-7-8-15(22)9-18(14)23)12-16-10-19(24-29-16)17-5-3-4-6-20(17)28-2/h3-9,16H,10-13H2,1-2H3/t16-/m1/s1. The third-order valence-corrected chi connectivity index (χ3v) is 4.57. The first-order chi connectivity index (χ1) is 14.0. The summed E-state index contributed by atoms with van der Waals surface area (Å²) < 4.78 is 37.5. The number of halogens is 2. The highest BCUT2D eigenvalue weighted by atomic mass is 19.1. The summed E-state index contributed by atoms with van der Waals surface area (Å²) in [7, 11) is 2.98. The zero-order valence-electron chi connectivity index (χ0n) is 16.2. The topological polar surface area (TPSA) is 60.4 Å². The second-order valence-electron chi connectivity index (χ2n) is 6.61. The third-order valence-electron chi connectivity index (χ3n) is 4.57. The molecular formula is C21H22F2N2O4. The number of para-hydroxylation sites is 1. The number of hydrogen-bond acceptors (Lipinski definition) is 5. The van der Waals surface area contributed by atoms with Crippen LogP contribution in [0.4, 0.5) is 8.78 Å². The summed E-state index contributed by atoms with van der Waals surface area (Å²) in [4.78, 5) is 19.4. The van der Waals surface area contributed by atoms with Gasteiger partial charge >= 0.3 is 0 Å². The number of methoxy groups -OCH3 is 2. The molecule has 0 aliphatic carbocycles. The van der Waals surface area contributed by atoms with Crippen LogP contribution in [0.1, 0.15) is 17.5 Å². The Kier molecular flexibility index (Phi) is 6.77. The molecule has 8 heteroatoms.